The number of carbonyl (C=O) groups is 1. The first-order valence-electron chi connectivity index (χ1n) is 5.21. The maximum absolute atomic E-state index is 13.1. The molecule has 2 aromatic rings. The zero-order valence-corrected chi connectivity index (χ0v) is 12.2. The third kappa shape index (κ3) is 3.02. The lowest BCUT2D eigenvalue weighted by Crippen LogP contribution is -2.12. The van der Waals surface area contributed by atoms with E-state index in [4.69, 9.17) is 5.73 Å². The number of halogens is 2. The van der Waals surface area contributed by atoms with Crippen LogP contribution in [-0.2, 0) is 0 Å². The van der Waals surface area contributed by atoms with Gasteiger partial charge in [0.25, 0.3) is 5.91 Å². The highest BCUT2D eigenvalue weighted by Crippen LogP contribution is 2.28. The van der Waals surface area contributed by atoms with Crippen LogP contribution in [0.2, 0.25) is 0 Å². The molecular weight excluding hydrogens is 335 g/mol. The van der Waals surface area contributed by atoms with Gasteiger partial charge in [0, 0.05) is 11.5 Å². The van der Waals surface area contributed by atoms with Crippen LogP contribution >= 0.6 is 27.3 Å². The smallest absolute Gasteiger partial charge is 0.269 e. The summed E-state index contributed by atoms with van der Waals surface area (Å²) in [5.74, 6) is -0.728. The topological polar surface area (TPSA) is 80.0 Å². The molecular formula is C11H10BrFN4OS. The van der Waals surface area contributed by atoms with Crippen LogP contribution in [0.25, 0.3) is 0 Å². The molecule has 0 saturated carbocycles. The van der Waals surface area contributed by atoms with Gasteiger partial charge in [-0.25, -0.2) is 9.37 Å². The van der Waals surface area contributed by atoms with Gasteiger partial charge in [-0.1, -0.05) is 11.3 Å². The van der Waals surface area contributed by atoms with Crippen molar-refractivity contribution in [1.82, 2.24) is 4.98 Å². The number of nitrogens with two attached hydrogens (primary N) is 1. The number of amides is 1. The molecule has 5 nitrogen and oxygen atoms in total. The number of hydrogen-bond donors (Lipinski definition) is 3. The lowest BCUT2D eigenvalue weighted by Gasteiger charge is -2.06. The van der Waals surface area contributed by atoms with Gasteiger partial charge >= 0.3 is 0 Å². The van der Waals surface area contributed by atoms with E-state index in [9.17, 15) is 9.18 Å². The van der Waals surface area contributed by atoms with E-state index in [0.717, 1.165) is 11.3 Å². The molecule has 0 aliphatic carbocycles. The minimum absolute atomic E-state index is 0.138. The highest BCUT2D eigenvalue weighted by molar-refractivity contribution is 9.10. The summed E-state index contributed by atoms with van der Waals surface area (Å²) in [5.41, 5.74) is 5.99. The molecule has 0 bridgehead atoms. The second-order valence-corrected chi connectivity index (χ2v) is 5.42. The second kappa shape index (κ2) is 5.54. The minimum atomic E-state index is -0.438. The number of aromatic nitrogens is 1. The number of thiazole rings is 1. The summed E-state index contributed by atoms with van der Waals surface area (Å²) < 4.78 is 13.7. The number of nitrogens with one attached hydrogen (secondary N) is 2. The van der Waals surface area contributed by atoms with E-state index >= 15 is 0 Å². The molecule has 1 heterocycles. The van der Waals surface area contributed by atoms with Crippen molar-refractivity contribution in [3.05, 3.63) is 33.4 Å². The Morgan fingerprint density at radius 2 is 2.26 bits per heavy atom. The van der Waals surface area contributed by atoms with Gasteiger partial charge in [0.15, 0.2) is 5.13 Å². The van der Waals surface area contributed by atoms with Crippen LogP contribution in [-0.4, -0.2) is 17.9 Å². The van der Waals surface area contributed by atoms with Crippen molar-refractivity contribution in [2.24, 2.45) is 0 Å². The van der Waals surface area contributed by atoms with Crippen LogP contribution in [0.15, 0.2) is 22.7 Å². The van der Waals surface area contributed by atoms with Crippen LogP contribution in [0.5, 0.6) is 0 Å². The quantitative estimate of drug-likeness (QED) is 0.799. The molecule has 0 aliphatic rings. The van der Waals surface area contributed by atoms with Crippen molar-refractivity contribution in [2.45, 2.75) is 0 Å². The fraction of sp³-hybridized carbons (Fsp3) is 0.0909. The Morgan fingerprint density at radius 1 is 1.53 bits per heavy atom. The van der Waals surface area contributed by atoms with Gasteiger partial charge in [-0.2, -0.15) is 0 Å². The van der Waals surface area contributed by atoms with Crippen molar-refractivity contribution in [3.63, 3.8) is 0 Å². The SMILES string of the molecule is CNc1nc(N)c(C(=O)Nc2cc(F)ccc2Br)s1. The Labute approximate surface area is 121 Å². The molecule has 0 saturated heterocycles. The minimum Gasteiger partial charge on any atom is -0.382 e. The first kappa shape index (κ1) is 13.8. The maximum Gasteiger partial charge on any atom is 0.269 e. The molecule has 0 aliphatic heterocycles. The zero-order valence-electron chi connectivity index (χ0n) is 9.83. The second-order valence-electron chi connectivity index (χ2n) is 3.56. The first-order chi connectivity index (χ1) is 9.01. The molecule has 0 spiro atoms. The number of rotatable bonds is 3. The van der Waals surface area contributed by atoms with Gasteiger partial charge in [0.1, 0.15) is 16.5 Å². The molecule has 1 aromatic heterocycles. The zero-order chi connectivity index (χ0) is 14.0. The van der Waals surface area contributed by atoms with Crippen molar-refractivity contribution in [2.75, 3.05) is 23.4 Å². The summed E-state index contributed by atoms with van der Waals surface area (Å²) in [4.78, 5) is 16.3. The van der Waals surface area contributed by atoms with E-state index in [0.29, 0.717) is 15.3 Å². The van der Waals surface area contributed by atoms with Gasteiger partial charge in [-0.05, 0) is 34.1 Å². The van der Waals surface area contributed by atoms with Crippen molar-refractivity contribution >= 4 is 49.8 Å². The fourth-order valence-electron chi connectivity index (χ4n) is 1.37. The van der Waals surface area contributed by atoms with Crippen LogP contribution in [0.3, 0.4) is 0 Å². The highest BCUT2D eigenvalue weighted by atomic mass is 79.9. The Morgan fingerprint density at radius 3 is 2.89 bits per heavy atom. The molecule has 1 aromatic carbocycles. The molecule has 19 heavy (non-hydrogen) atoms. The lowest BCUT2D eigenvalue weighted by molar-refractivity contribution is 0.103. The third-order valence-electron chi connectivity index (χ3n) is 2.25. The molecule has 1 amide bonds. The predicted octanol–water partition coefficient (Wildman–Crippen LogP) is 2.92. The average Bonchev–Trinajstić information content (AvgIpc) is 2.75. The Balaban J connectivity index is 2.25. The Kier molecular flexibility index (Phi) is 4.01. The normalized spacial score (nSPS) is 10.3. The number of nitrogen functional groups attached to an aromatic ring is 1. The highest BCUT2D eigenvalue weighted by Gasteiger charge is 2.17. The van der Waals surface area contributed by atoms with Crippen molar-refractivity contribution in [3.8, 4) is 0 Å². The van der Waals surface area contributed by atoms with Gasteiger partial charge in [-0.15, -0.1) is 0 Å². The summed E-state index contributed by atoms with van der Waals surface area (Å²) >= 11 is 4.36. The monoisotopic (exact) mass is 344 g/mol. The summed E-state index contributed by atoms with van der Waals surface area (Å²) in [5, 5.41) is 5.93. The molecule has 0 atom stereocenters. The molecule has 2 rings (SSSR count). The standard InChI is InChI=1S/C11H10BrFN4OS/c1-15-11-17-9(14)8(19-11)10(18)16-7-4-5(13)2-3-6(7)12/h2-4H,14H2,1H3,(H,15,17)(H,16,18). The van der Waals surface area contributed by atoms with Crippen LogP contribution in [0.1, 0.15) is 9.67 Å². The van der Waals surface area contributed by atoms with E-state index in [2.05, 4.69) is 31.5 Å². The first-order valence-corrected chi connectivity index (χ1v) is 6.82. The van der Waals surface area contributed by atoms with E-state index in [-0.39, 0.29) is 10.7 Å². The van der Waals surface area contributed by atoms with E-state index in [1.54, 1.807) is 7.05 Å². The Bertz CT molecular complexity index is 631. The summed E-state index contributed by atoms with van der Waals surface area (Å²) in [6, 6.07) is 4.03. The summed E-state index contributed by atoms with van der Waals surface area (Å²) in [6.45, 7) is 0. The largest absolute Gasteiger partial charge is 0.382 e. The van der Waals surface area contributed by atoms with Crippen LogP contribution in [0.4, 0.5) is 21.0 Å². The molecule has 0 fully saturated rings. The lowest BCUT2D eigenvalue weighted by atomic mass is 10.3. The molecule has 100 valence electrons. The summed E-state index contributed by atoms with van der Waals surface area (Å²) in [6.07, 6.45) is 0. The number of anilines is 3. The molecule has 4 N–H and O–H groups in total. The van der Waals surface area contributed by atoms with Crippen LogP contribution in [0, 0.1) is 5.82 Å². The molecule has 8 heteroatoms. The average molecular weight is 345 g/mol. The summed E-state index contributed by atoms with van der Waals surface area (Å²) in [7, 11) is 1.68. The van der Waals surface area contributed by atoms with Gasteiger partial charge in [-0.3, -0.25) is 4.79 Å². The number of benzene rings is 1. The van der Waals surface area contributed by atoms with Gasteiger partial charge < -0.3 is 16.4 Å². The third-order valence-corrected chi connectivity index (χ3v) is 4.03. The van der Waals surface area contributed by atoms with E-state index in [1.165, 1.54) is 18.2 Å². The molecule has 0 unspecified atom stereocenters. The number of hydrogen-bond acceptors (Lipinski definition) is 5. The predicted molar refractivity (Wildman–Crippen MR) is 78.1 cm³/mol. The van der Waals surface area contributed by atoms with Gasteiger partial charge in [0.2, 0.25) is 0 Å². The number of carbonyl (C=O) groups excluding carboxylic acids is 1. The van der Waals surface area contributed by atoms with Crippen molar-refractivity contribution < 1.29 is 9.18 Å². The fourth-order valence-corrected chi connectivity index (χ4v) is 2.45. The van der Waals surface area contributed by atoms with E-state index < -0.39 is 11.7 Å². The number of nitrogens with zero attached hydrogens (tertiary/aromatic N) is 1. The maximum atomic E-state index is 13.1. The van der Waals surface area contributed by atoms with Gasteiger partial charge in [0.05, 0.1) is 5.69 Å². The van der Waals surface area contributed by atoms with E-state index in [1.807, 2.05) is 0 Å². The van der Waals surface area contributed by atoms with Crippen molar-refractivity contribution in [1.29, 1.82) is 0 Å². The Hall–Kier alpha value is -1.67. The molecule has 0 radical (unpaired) electrons. The van der Waals surface area contributed by atoms with Crippen LogP contribution < -0.4 is 16.4 Å².